The first-order valence-electron chi connectivity index (χ1n) is 7.78. The van der Waals surface area contributed by atoms with E-state index in [4.69, 9.17) is 4.74 Å². The zero-order chi connectivity index (χ0) is 16.9. The van der Waals surface area contributed by atoms with Gasteiger partial charge in [0.2, 0.25) is 15.9 Å². The van der Waals surface area contributed by atoms with Crippen molar-refractivity contribution in [3.63, 3.8) is 0 Å². The quantitative estimate of drug-likeness (QED) is 0.821. The first-order chi connectivity index (χ1) is 10.8. The Balaban J connectivity index is 1.88. The Morgan fingerprint density at radius 1 is 1.43 bits per heavy atom. The number of anilines is 1. The molecular weight excluding hydrogens is 316 g/mol. The van der Waals surface area contributed by atoms with Crippen molar-refractivity contribution in [3.8, 4) is 0 Å². The molecule has 0 radical (unpaired) electrons. The van der Waals surface area contributed by atoms with Crippen molar-refractivity contribution < 1.29 is 17.9 Å². The minimum absolute atomic E-state index is 0.0652. The van der Waals surface area contributed by atoms with Gasteiger partial charge in [0.1, 0.15) is 0 Å². The van der Waals surface area contributed by atoms with Crippen LogP contribution >= 0.6 is 0 Å². The standard InChI is InChI=1S/C16H24N2O4S/c1-13-5-3-6-14(11-13)17-16(19)8-9-18(23(2,20)21)12-15-7-4-10-22-15/h3,5-6,11,15H,4,7-10,12H2,1-2H3,(H,17,19). The summed E-state index contributed by atoms with van der Waals surface area (Å²) in [6.07, 6.45) is 3.04. The summed E-state index contributed by atoms with van der Waals surface area (Å²) in [5.41, 5.74) is 1.78. The van der Waals surface area contributed by atoms with Crippen molar-refractivity contribution in [1.82, 2.24) is 4.31 Å². The minimum Gasteiger partial charge on any atom is -0.377 e. The number of nitrogens with one attached hydrogen (secondary N) is 1. The van der Waals surface area contributed by atoms with Crippen LogP contribution in [0.3, 0.4) is 0 Å². The molecule has 1 aromatic carbocycles. The summed E-state index contributed by atoms with van der Waals surface area (Å²) in [6.45, 7) is 3.10. The number of sulfonamides is 1. The highest BCUT2D eigenvalue weighted by atomic mass is 32.2. The molecule has 1 atom stereocenters. The van der Waals surface area contributed by atoms with Crippen LogP contribution in [0.4, 0.5) is 5.69 Å². The summed E-state index contributed by atoms with van der Waals surface area (Å²) >= 11 is 0. The van der Waals surface area contributed by atoms with Gasteiger partial charge in [-0.25, -0.2) is 8.42 Å². The largest absolute Gasteiger partial charge is 0.377 e. The number of aryl methyl sites for hydroxylation is 1. The fourth-order valence-electron chi connectivity index (χ4n) is 2.58. The highest BCUT2D eigenvalue weighted by Crippen LogP contribution is 2.15. The average molecular weight is 340 g/mol. The zero-order valence-corrected chi connectivity index (χ0v) is 14.4. The molecule has 1 aromatic rings. The van der Waals surface area contributed by atoms with Gasteiger partial charge in [0.05, 0.1) is 12.4 Å². The van der Waals surface area contributed by atoms with E-state index in [2.05, 4.69) is 5.32 Å². The molecule has 1 heterocycles. The second-order valence-electron chi connectivity index (χ2n) is 5.92. The highest BCUT2D eigenvalue weighted by Gasteiger charge is 2.25. The van der Waals surface area contributed by atoms with Crippen LogP contribution in [-0.2, 0) is 19.6 Å². The van der Waals surface area contributed by atoms with Crippen LogP contribution in [0.5, 0.6) is 0 Å². The van der Waals surface area contributed by atoms with Crippen molar-refractivity contribution in [3.05, 3.63) is 29.8 Å². The first kappa shape index (κ1) is 17.9. The predicted octanol–water partition coefficient (Wildman–Crippen LogP) is 1.76. The molecule has 1 aliphatic heterocycles. The molecule has 1 N–H and O–H groups in total. The maximum atomic E-state index is 12.0. The number of carbonyl (C=O) groups is 1. The monoisotopic (exact) mass is 340 g/mol. The van der Waals surface area contributed by atoms with Crippen molar-refractivity contribution >= 4 is 21.6 Å². The molecule has 6 nitrogen and oxygen atoms in total. The number of rotatable bonds is 7. The molecular formula is C16H24N2O4S. The molecule has 1 unspecified atom stereocenters. The third-order valence-corrected chi connectivity index (χ3v) is 5.06. The second kappa shape index (κ2) is 7.90. The van der Waals surface area contributed by atoms with E-state index in [0.29, 0.717) is 13.2 Å². The van der Waals surface area contributed by atoms with Crippen molar-refractivity contribution in [2.24, 2.45) is 0 Å². The Morgan fingerprint density at radius 3 is 2.83 bits per heavy atom. The summed E-state index contributed by atoms with van der Waals surface area (Å²) in [5, 5.41) is 2.79. The van der Waals surface area contributed by atoms with E-state index < -0.39 is 10.0 Å². The SMILES string of the molecule is Cc1cccc(NC(=O)CCN(CC2CCCO2)S(C)(=O)=O)c1. The fraction of sp³-hybridized carbons (Fsp3) is 0.562. The topological polar surface area (TPSA) is 75.7 Å². The van der Waals surface area contributed by atoms with E-state index in [-0.39, 0.29) is 25.0 Å². The number of nitrogens with zero attached hydrogens (tertiary/aromatic N) is 1. The Hall–Kier alpha value is -1.44. The third-order valence-electron chi connectivity index (χ3n) is 3.79. The van der Waals surface area contributed by atoms with Gasteiger partial charge in [0, 0.05) is 31.8 Å². The lowest BCUT2D eigenvalue weighted by molar-refractivity contribution is -0.116. The van der Waals surface area contributed by atoms with Gasteiger partial charge >= 0.3 is 0 Å². The van der Waals surface area contributed by atoms with E-state index in [0.717, 1.165) is 24.1 Å². The van der Waals surface area contributed by atoms with E-state index >= 15 is 0 Å². The molecule has 0 spiro atoms. The van der Waals surface area contributed by atoms with E-state index in [1.807, 2.05) is 31.2 Å². The lowest BCUT2D eigenvalue weighted by atomic mass is 10.2. The van der Waals surface area contributed by atoms with Crippen molar-refractivity contribution in [1.29, 1.82) is 0 Å². The van der Waals surface area contributed by atoms with Crippen LogP contribution in [0.1, 0.15) is 24.8 Å². The first-order valence-corrected chi connectivity index (χ1v) is 9.62. The summed E-state index contributed by atoms with van der Waals surface area (Å²) in [7, 11) is -3.35. The van der Waals surface area contributed by atoms with Gasteiger partial charge in [-0.2, -0.15) is 4.31 Å². The fourth-order valence-corrected chi connectivity index (χ4v) is 3.44. The Bertz CT molecular complexity index is 639. The molecule has 7 heteroatoms. The Labute approximate surface area is 137 Å². The van der Waals surface area contributed by atoms with Gasteiger partial charge < -0.3 is 10.1 Å². The molecule has 0 saturated carbocycles. The average Bonchev–Trinajstić information content (AvgIpc) is 2.95. The van der Waals surface area contributed by atoms with Crippen molar-refractivity contribution in [2.45, 2.75) is 32.3 Å². The number of hydrogen-bond acceptors (Lipinski definition) is 4. The number of ether oxygens (including phenoxy) is 1. The van der Waals surface area contributed by atoms with E-state index in [1.165, 1.54) is 10.6 Å². The van der Waals surface area contributed by atoms with Gasteiger partial charge in [0.15, 0.2) is 0 Å². The normalized spacial score (nSPS) is 18.3. The molecule has 0 aromatic heterocycles. The van der Waals surface area contributed by atoms with E-state index in [9.17, 15) is 13.2 Å². The molecule has 1 amide bonds. The Kier molecular flexibility index (Phi) is 6.15. The van der Waals surface area contributed by atoms with Crippen LogP contribution in [0, 0.1) is 6.92 Å². The molecule has 1 aliphatic rings. The Morgan fingerprint density at radius 2 is 2.22 bits per heavy atom. The predicted molar refractivity (Wildman–Crippen MR) is 89.8 cm³/mol. The zero-order valence-electron chi connectivity index (χ0n) is 13.6. The van der Waals surface area contributed by atoms with Gasteiger partial charge in [-0.3, -0.25) is 4.79 Å². The number of amides is 1. The van der Waals surface area contributed by atoms with Crippen LogP contribution in [-0.4, -0.2) is 50.7 Å². The molecule has 23 heavy (non-hydrogen) atoms. The summed E-state index contributed by atoms with van der Waals surface area (Å²) in [6, 6.07) is 7.50. The maximum absolute atomic E-state index is 12.0. The van der Waals surface area contributed by atoms with Gasteiger partial charge in [-0.05, 0) is 37.5 Å². The maximum Gasteiger partial charge on any atom is 0.225 e. The second-order valence-corrected chi connectivity index (χ2v) is 7.91. The van der Waals surface area contributed by atoms with Gasteiger partial charge in [-0.1, -0.05) is 12.1 Å². The number of benzene rings is 1. The molecule has 0 aliphatic carbocycles. The third kappa shape index (κ3) is 5.93. The molecule has 1 fully saturated rings. The van der Waals surface area contributed by atoms with Crippen LogP contribution < -0.4 is 5.32 Å². The molecule has 1 saturated heterocycles. The highest BCUT2D eigenvalue weighted by molar-refractivity contribution is 7.88. The molecule has 128 valence electrons. The summed E-state index contributed by atoms with van der Waals surface area (Å²) in [5.74, 6) is -0.198. The lowest BCUT2D eigenvalue weighted by Gasteiger charge is -2.22. The van der Waals surface area contributed by atoms with Gasteiger partial charge in [-0.15, -0.1) is 0 Å². The van der Waals surface area contributed by atoms with Crippen molar-refractivity contribution in [2.75, 3.05) is 31.3 Å². The van der Waals surface area contributed by atoms with E-state index in [1.54, 1.807) is 0 Å². The van der Waals surface area contributed by atoms with Crippen LogP contribution in [0.25, 0.3) is 0 Å². The summed E-state index contributed by atoms with van der Waals surface area (Å²) < 4.78 is 30.6. The molecule has 2 rings (SSSR count). The minimum atomic E-state index is -3.35. The summed E-state index contributed by atoms with van der Waals surface area (Å²) in [4.78, 5) is 12.0. The van der Waals surface area contributed by atoms with Crippen LogP contribution in [0.2, 0.25) is 0 Å². The number of hydrogen-bond donors (Lipinski definition) is 1. The van der Waals surface area contributed by atoms with Crippen LogP contribution in [0.15, 0.2) is 24.3 Å². The smallest absolute Gasteiger partial charge is 0.225 e. The van der Waals surface area contributed by atoms with Gasteiger partial charge in [0.25, 0.3) is 0 Å². The lowest BCUT2D eigenvalue weighted by Crippen LogP contribution is -2.38. The number of carbonyl (C=O) groups excluding carboxylic acids is 1. The molecule has 0 bridgehead atoms.